The van der Waals surface area contributed by atoms with Crippen molar-refractivity contribution in [2.45, 2.75) is 18.0 Å². The molecule has 1 aromatic heterocycles. The lowest BCUT2D eigenvalue weighted by molar-refractivity contribution is 0.579. The second kappa shape index (κ2) is 6.45. The predicted octanol–water partition coefficient (Wildman–Crippen LogP) is 2.09. The highest BCUT2D eigenvalue weighted by molar-refractivity contribution is 7.89. The number of benzene rings is 1. The average Bonchev–Trinajstić information content (AvgIpc) is 2.86. The average molecular weight is 314 g/mol. The summed E-state index contributed by atoms with van der Waals surface area (Å²) in [4.78, 5) is 1.02. The molecule has 0 atom stereocenters. The molecule has 4 nitrogen and oxygen atoms in total. The van der Waals surface area contributed by atoms with Crippen LogP contribution in [0.4, 0.5) is 4.39 Å². The van der Waals surface area contributed by atoms with E-state index in [1.165, 1.54) is 23.5 Å². The molecule has 7 heteroatoms. The van der Waals surface area contributed by atoms with Gasteiger partial charge in [-0.3, -0.25) is 0 Å². The van der Waals surface area contributed by atoms with Gasteiger partial charge in [-0.15, -0.1) is 11.3 Å². The first-order chi connectivity index (χ1) is 9.53. The van der Waals surface area contributed by atoms with Gasteiger partial charge in [0, 0.05) is 18.0 Å². The molecule has 0 bridgehead atoms. The molecule has 0 amide bonds. The summed E-state index contributed by atoms with van der Waals surface area (Å²) < 4.78 is 40.0. The molecule has 108 valence electrons. The Labute approximate surface area is 121 Å². The highest BCUT2D eigenvalue weighted by Crippen LogP contribution is 2.21. The Morgan fingerprint density at radius 3 is 2.75 bits per heavy atom. The molecule has 0 aliphatic carbocycles. The van der Waals surface area contributed by atoms with Crippen molar-refractivity contribution in [3.8, 4) is 0 Å². The van der Waals surface area contributed by atoms with Gasteiger partial charge in [0.25, 0.3) is 0 Å². The highest BCUT2D eigenvalue weighted by atomic mass is 32.2. The van der Waals surface area contributed by atoms with E-state index >= 15 is 0 Å². The molecule has 0 aliphatic rings. The Morgan fingerprint density at radius 2 is 2.05 bits per heavy atom. The van der Waals surface area contributed by atoms with Crippen LogP contribution in [0.1, 0.15) is 10.4 Å². The van der Waals surface area contributed by atoms with Crippen LogP contribution in [-0.4, -0.2) is 15.5 Å². The highest BCUT2D eigenvalue weighted by Gasteiger charge is 2.19. The first-order valence-electron chi connectivity index (χ1n) is 5.98. The van der Waals surface area contributed by atoms with Crippen LogP contribution in [0.2, 0.25) is 0 Å². The quantitative estimate of drug-likeness (QED) is 0.858. The molecule has 0 unspecified atom stereocenters. The van der Waals surface area contributed by atoms with Crippen molar-refractivity contribution in [2.24, 2.45) is 0 Å². The van der Waals surface area contributed by atoms with Gasteiger partial charge in [0.2, 0.25) is 10.0 Å². The van der Waals surface area contributed by atoms with Crippen LogP contribution >= 0.6 is 11.3 Å². The molecule has 2 aromatic rings. The summed E-state index contributed by atoms with van der Waals surface area (Å²) >= 11 is 1.38. The van der Waals surface area contributed by atoms with E-state index in [-0.39, 0.29) is 17.3 Å². The summed E-state index contributed by atoms with van der Waals surface area (Å²) in [5, 5.41) is 4.67. The van der Waals surface area contributed by atoms with Gasteiger partial charge in [-0.2, -0.15) is 0 Å². The van der Waals surface area contributed by atoms with Crippen LogP contribution in [0.15, 0.2) is 40.6 Å². The lowest BCUT2D eigenvalue weighted by atomic mass is 10.2. The van der Waals surface area contributed by atoms with Crippen molar-refractivity contribution in [2.75, 3.05) is 7.05 Å². The van der Waals surface area contributed by atoms with E-state index < -0.39 is 10.0 Å². The summed E-state index contributed by atoms with van der Waals surface area (Å²) in [6.45, 7) is 0.558. The van der Waals surface area contributed by atoms with E-state index in [1.807, 2.05) is 0 Å². The molecule has 1 heterocycles. The standard InChI is InChI=1S/C13H15FN2O2S2/c1-15-9-12-13(5-6-19-12)20(17,18)16-8-10-3-2-4-11(14)7-10/h2-7,15-16H,8-9H2,1H3. The Kier molecular flexibility index (Phi) is 4.87. The molecule has 0 saturated carbocycles. The summed E-state index contributed by atoms with van der Waals surface area (Å²) in [7, 11) is -1.82. The zero-order valence-electron chi connectivity index (χ0n) is 10.9. The molecule has 0 aliphatic heterocycles. The van der Waals surface area contributed by atoms with Crippen LogP contribution < -0.4 is 10.0 Å². The Morgan fingerprint density at radius 1 is 1.25 bits per heavy atom. The second-order valence-electron chi connectivity index (χ2n) is 4.19. The van der Waals surface area contributed by atoms with E-state index in [9.17, 15) is 12.8 Å². The fraction of sp³-hybridized carbons (Fsp3) is 0.231. The maximum Gasteiger partial charge on any atom is 0.242 e. The lowest BCUT2D eigenvalue weighted by Crippen LogP contribution is -2.24. The summed E-state index contributed by atoms with van der Waals surface area (Å²) in [5.74, 6) is -0.381. The van der Waals surface area contributed by atoms with Gasteiger partial charge in [0.15, 0.2) is 0 Å². The number of hydrogen-bond acceptors (Lipinski definition) is 4. The SMILES string of the molecule is CNCc1sccc1S(=O)(=O)NCc1cccc(F)c1. The molecular weight excluding hydrogens is 299 g/mol. The number of sulfonamides is 1. The minimum Gasteiger partial charge on any atom is -0.315 e. The lowest BCUT2D eigenvalue weighted by Gasteiger charge is -2.08. The van der Waals surface area contributed by atoms with Crippen molar-refractivity contribution in [3.05, 3.63) is 52.0 Å². The Hall–Kier alpha value is -1.28. The molecular formula is C13H15FN2O2S2. The fourth-order valence-electron chi connectivity index (χ4n) is 1.76. The third-order valence-corrected chi connectivity index (χ3v) is 5.22. The topological polar surface area (TPSA) is 58.2 Å². The number of rotatable bonds is 6. The predicted molar refractivity (Wildman–Crippen MR) is 77.5 cm³/mol. The molecule has 0 fully saturated rings. The maximum absolute atomic E-state index is 13.0. The molecule has 2 N–H and O–H groups in total. The number of thiophene rings is 1. The maximum atomic E-state index is 13.0. The van der Waals surface area contributed by atoms with Crippen LogP contribution in [-0.2, 0) is 23.1 Å². The van der Waals surface area contributed by atoms with E-state index in [0.717, 1.165) is 4.88 Å². The van der Waals surface area contributed by atoms with Gasteiger partial charge in [-0.25, -0.2) is 17.5 Å². The van der Waals surface area contributed by atoms with Gasteiger partial charge in [0.1, 0.15) is 5.82 Å². The number of hydrogen-bond donors (Lipinski definition) is 2. The van der Waals surface area contributed by atoms with Gasteiger partial charge >= 0.3 is 0 Å². The molecule has 0 radical (unpaired) electrons. The summed E-state index contributed by atoms with van der Waals surface area (Å²) in [6, 6.07) is 7.43. The molecule has 1 aromatic carbocycles. The first kappa shape index (κ1) is 15.1. The van der Waals surface area contributed by atoms with Crippen LogP contribution in [0.25, 0.3) is 0 Å². The van der Waals surface area contributed by atoms with Crippen LogP contribution in [0.5, 0.6) is 0 Å². The molecule has 20 heavy (non-hydrogen) atoms. The monoisotopic (exact) mass is 314 g/mol. The van der Waals surface area contributed by atoms with E-state index in [0.29, 0.717) is 12.1 Å². The van der Waals surface area contributed by atoms with E-state index in [1.54, 1.807) is 30.6 Å². The first-order valence-corrected chi connectivity index (χ1v) is 8.34. The van der Waals surface area contributed by atoms with Crippen LogP contribution in [0, 0.1) is 5.82 Å². The third-order valence-electron chi connectivity index (χ3n) is 2.69. The zero-order valence-corrected chi connectivity index (χ0v) is 12.5. The second-order valence-corrected chi connectivity index (χ2v) is 6.93. The number of nitrogens with one attached hydrogen (secondary N) is 2. The minimum absolute atomic E-state index is 0.0644. The van der Waals surface area contributed by atoms with Crippen LogP contribution in [0.3, 0.4) is 0 Å². The van der Waals surface area contributed by atoms with Gasteiger partial charge < -0.3 is 5.32 Å². The van der Waals surface area contributed by atoms with Gasteiger partial charge in [-0.05, 0) is 36.2 Å². The molecule has 0 saturated heterocycles. The fourth-order valence-corrected chi connectivity index (χ4v) is 4.23. The van der Waals surface area contributed by atoms with E-state index in [4.69, 9.17) is 0 Å². The van der Waals surface area contributed by atoms with E-state index in [2.05, 4.69) is 10.0 Å². The van der Waals surface area contributed by atoms with Crippen molar-refractivity contribution in [1.82, 2.24) is 10.0 Å². The van der Waals surface area contributed by atoms with Crippen molar-refractivity contribution in [3.63, 3.8) is 0 Å². The smallest absolute Gasteiger partial charge is 0.242 e. The normalized spacial score (nSPS) is 11.7. The third kappa shape index (κ3) is 3.63. The summed E-state index contributed by atoms with van der Waals surface area (Å²) in [6.07, 6.45) is 0. The molecule has 2 rings (SSSR count). The van der Waals surface area contributed by atoms with Crippen molar-refractivity contribution >= 4 is 21.4 Å². The Bertz CT molecular complexity index is 683. The van der Waals surface area contributed by atoms with Crippen molar-refractivity contribution in [1.29, 1.82) is 0 Å². The molecule has 0 spiro atoms. The number of halogens is 1. The van der Waals surface area contributed by atoms with Crippen molar-refractivity contribution < 1.29 is 12.8 Å². The Balaban J connectivity index is 2.13. The summed E-state index contributed by atoms with van der Waals surface area (Å²) in [5.41, 5.74) is 0.582. The van der Waals surface area contributed by atoms with Gasteiger partial charge in [0.05, 0.1) is 4.90 Å². The zero-order chi connectivity index (χ0) is 14.6. The minimum atomic E-state index is -3.58. The largest absolute Gasteiger partial charge is 0.315 e. The van der Waals surface area contributed by atoms with Gasteiger partial charge in [-0.1, -0.05) is 12.1 Å².